The first-order valence-corrected chi connectivity index (χ1v) is 9.03. The fraction of sp³-hybridized carbons (Fsp3) is 0.0870. The number of carbonyl (C=O) groups excluding carboxylic acids is 1. The van der Waals surface area contributed by atoms with E-state index in [1.165, 1.54) is 73.7 Å². The van der Waals surface area contributed by atoms with Crippen LogP contribution in [-0.2, 0) is 4.79 Å². The number of nitrogens with one attached hydrogen (secondary N) is 1. The fourth-order valence-corrected chi connectivity index (χ4v) is 2.47. The number of anilines is 1. The van der Waals surface area contributed by atoms with Crippen LogP contribution in [0.2, 0.25) is 0 Å². The maximum absolute atomic E-state index is 14.0. The molecule has 0 heterocycles. The Labute approximate surface area is 171 Å². The van der Waals surface area contributed by atoms with Crippen molar-refractivity contribution in [2.24, 2.45) is 0 Å². The van der Waals surface area contributed by atoms with E-state index >= 15 is 0 Å². The van der Waals surface area contributed by atoms with Crippen molar-refractivity contribution in [3.05, 3.63) is 96.0 Å². The zero-order valence-corrected chi connectivity index (χ0v) is 15.9. The van der Waals surface area contributed by atoms with Crippen molar-refractivity contribution in [1.82, 2.24) is 0 Å². The van der Waals surface area contributed by atoms with Crippen LogP contribution in [-0.4, -0.2) is 12.0 Å². The molecule has 0 aromatic heterocycles. The van der Waals surface area contributed by atoms with Gasteiger partial charge in [-0.2, -0.15) is 4.39 Å². The number of hydrogen-bond donors (Lipinski definition) is 1. The molecule has 0 saturated carbocycles. The first-order chi connectivity index (χ1) is 14.4. The van der Waals surface area contributed by atoms with Crippen molar-refractivity contribution >= 4 is 17.7 Å². The van der Waals surface area contributed by atoms with E-state index in [0.717, 1.165) is 6.08 Å². The Balaban J connectivity index is 1.56. The van der Waals surface area contributed by atoms with Gasteiger partial charge in [-0.05, 0) is 61.0 Å². The summed E-state index contributed by atoms with van der Waals surface area (Å²) < 4.78 is 51.1. The van der Waals surface area contributed by atoms with Crippen LogP contribution >= 0.6 is 0 Å². The van der Waals surface area contributed by atoms with Gasteiger partial charge in [-0.1, -0.05) is 24.3 Å². The van der Waals surface area contributed by atoms with Crippen LogP contribution < -0.4 is 14.8 Å². The van der Waals surface area contributed by atoms with E-state index in [9.17, 15) is 18.0 Å². The van der Waals surface area contributed by atoms with Crippen LogP contribution in [0.15, 0.2) is 78.8 Å². The predicted molar refractivity (Wildman–Crippen MR) is 108 cm³/mol. The second-order valence-corrected chi connectivity index (χ2v) is 6.30. The molecule has 1 N–H and O–H groups in total. The molecule has 3 aromatic rings. The Bertz CT molecular complexity index is 1030. The van der Waals surface area contributed by atoms with Gasteiger partial charge in [0, 0.05) is 6.08 Å². The normalized spacial score (nSPS) is 12.2. The van der Waals surface area contributed by atoms with Crippen LogP contribution in [0.4, 0.5) is 18.9 Å². The number of benzene rings is 3. The quantitative estimate of drug-likeness (QED) is 0.504. The van der Waals surface area contributed by atoms with E-state index in [4.69, 9.17) is 9.47 Å². The fourth-order valence-electron chi connectivity index (χ4n) is 2.47. The van der Waals surface area contributed by atoms with Gasteiger partial charge < -0.3 is 14.8 Å². The number of para-hydroxylation sites is 1. The molecule has 0 unspecified atom stereocenters. The second kappa shape index (κ2) is 9.65. The van der Waals surface area contributed by atoms with Crippen LogP contribution in [0.3, 0.4) is 0 Å². The number of carbonyl (C=O) groups is 1. The van der Waals surface area contributed by atoms with E-state index in [1.807, 2.05) is 0 Å². The lowest BCUT2D eigenvalue weighted by atomic mass is 10.2. The third kappa shape index (κ3) is 5.88. The number of amides is 1. The predicted octanol–water partition coefficient (Wildman–Crippen LogP) is 5.72. The SMILES string of the molecule is C[C@@H](Oc1ccc(O/C(F)=C/c2ccc(F)cc2)cc1)C(=O)Nc1ccccc1F. The summed E-state index contributed by atoms with van der Waals surface area (Å²) >= 11 is 0. The first-order valence-electron chi connectivity index (χ1n) is 9.03. The third-order valence-corrected chi connectivity index (χ3v) is 4.00. The van der Waals surface area contributed by atoms with Gasteiger partial charge in [0.15, 0.2) is 6.10 Å². The van der Waals surface area contributed by atoms with E-state index in [2.05, 4.69) is 5.32 Å². The monoisotopic (exact) mass is 413 g/mol. The highest BCUT2D eigenvalue weighted by molar-refractivity contribution is 5.94. The smallest absolute Gasteiger partial charge is 0.278 e. The minimum Gasteiger partial charge on any atom is -0.481 e. The lowest BCUT2D eigenvalue weighted by Crippen LogP contribution is -2.30. The average Bonchev–Trinajstić information content (AvgIpc) is 2.73. The molecule has 3 rings (SSSR count). The summed E-state index contributed by atoms with van der Waals surface area (Å²) in [5, 5.41) is 2.45. The zero-order valence-electron chi connectivity index (χ0n) is 15.9. The number of ether oxygens (including phenoxy) is 2. The average molecular weight is 413 g/mol. The molecule has 4 nitrogen and oxygen atoms in total. The Morgan fingerprint density at radius 3 is 2.23 bits per heavy atom. The van der Waals surface area contributed by atoms with Crippen LogP contribution in [0.5, 0.6) is 11.5 Å². The maximum atomic E-state index is 14.0. The molecular formula is C23H18F3NO3. The largest absolute Gasteiger partial charge is 0.481 e. The van der Waals surface area contributed by atoms with Gasteiger partial charge in [0.25, 0.3) is 11.9 Å². The Hall–Kier alpha value is -3.74. The number of halogens is 3. The van der Waals surface area contributed by atoms with Gasteiger partial charge in [0.2, 0.25) is 0 Å². The van der Waals surface area contributed by atoms with Crippen molar-refractivity contribution in [3.8, 4) is 11.5 Å². The Morgan fingerprint density at radius 1 is 0.933 bits per heavy atom. The Kier molecular flexibility index (Phi) is 6.75. The van der Waals surface area contributed by atoms with Crippen LogP contribution in [0.1, 0.15) is 12.5 Å². The molecule has 0 radical (unpaired) electrons. The molecule has 0 spiro atoms. The molecule has 1 atom stereocenters. The summed E-state index contributed by atoms with van der Waals surface area (Å²) in [7, 11) is 0. The molecule has 0 fully saturated rings. The summed E-state index contributed by atoms with van der Waals surface area (Å²) in [5.41, 5.74) is 0.508. The molecule has 154 valence electrons. The summed E-state index contributed by atoms with van der Waals surface area (Å²) in [6.07, 6.45) is 0.227. The van der Waals surface area contributed by atoms with Gasteiger partial charge in [-0.25, -0.2) is 8.78 Å². The van der Waals surface area contributed by atoms with Gasteiger partial charge in [0.05, 0.1) is 5.69 Å². The van der Waals surface area contributed by atoms with Gasteiger partial charge in [-0.3, -0.25) is 4.79 Å². The van der Waals surface area contributed by atoms with Crippen LogP contribution in [0, 0.1) is 11.6 Å². The van der Waals surface area contributed by atoms with E-state index in [0.29, 0.717) is 11.3 Å². The molecule has 30 heavy (non-hydrogen) atoms. The highest BCUT2D eigenvalue weighted by Crippen LogP contribution is 2.22. The van der Waals surface area contributed by atoms with Gasteiger partial charge >= 0.3 is 0 Å². The van der Waals surface area contributed by atoms with Crippen molar-refractivity contribution in [2.45, 2.75) is 13.0 Å². The highest BCUT2D eigenvalue weighted by Gasteiger charge is 2.16. The first kappa shape index (κ1) is 21.0. The molecule has 3 aromatic carbocycles. The molecular weight excluding hydrogens is 395 g/mol. The molecule has 0 bridgehead atoms. The Morgan fingerprint density at radius 2 is 1.57 bits per heavy atom. The maximum Gasteiger partial charge on any atom is 0.278 e. The molecule has 0 saturated heterocycles. The number of rotatable bonds is 7. The standard InChI is InChI=1S/C23H18F3NO3/c1-15(23(28)27-21-5-3-2-4-20(21)25)29-18-10-12-19(13-11-18)30-22(26)14-16-6-8-17(24)9-7-16/h2-15H,1H3,(H,27,28)/b22-14+/t15-/m1/s1. The van der Waals surface area contributed by atoms with Crippen LogP contribution in [0.25, 0.3) is 6.08 Å². The zero-order chi connectivity index (χ0) is 21.5. The van der Waals surface area contributed by atoms with E-state index in [1.54, 1.807) is 6.07 Å². The van der Waals surface area contributed by atoms with Crippen molar-refractivity contribution in [3.63, 3.8) is 0 Å². The molecule has 0 aliphatic rings. The minimum atomic E-state index is -0.897. The van der Waals surface area contributed by atoms with Gasteiger partial charge in [0.1, 0.15) is 23.1 Å². The lowest BCUT2D eigenvalue weighted by molar-refractivity contribution is -0.122. The van der Waals surface area contributed by atoms with Gasteiger partial charge in [-0.15, -0.1) is 0 Å². The molecule has 0 aliphatic heterocycles. The third-order valence-electron chi connectivity index (χ3n) is 4.00. The minimum absolute atomic E-state index is 0.0603. The van der Waals surface area contributed by atoms with E-state index in [-0.39, 0.29) is 11.4 Å². The molecule has 1 amide bonds. The molecule has 0 aliphatic carbocycles. The van der Waals surface area contributed by atoms with Crippen molar-refractivity contribution in [1.29, 1.82) is 0 Å². The second-order valence-electron chi connectivity index (χ2n) is 6.30. The molecule has 7 heteroatoms. The topological polar surface area (TPSA) is 47.6 Å². The highest BCUT2D eigenvalue weighted by atomic mass is 19.1. The summed E-state index contributed by atoms with van der Waals surface area (Å²) in [4.78, 5) is 12.2. The summed E-state index contributed by atoms with van der Waals surface area (Å²) in [6, 6.07) is 16.2. The number of hydrogen-bond acceptors (Lipinski definition) is 3. The van der Waals surface area contributed by atoms with Crippen molar-refractivity contribution < 1.29 is 27.4 Å². The summed E-state index contributed by atoms with van der Waals surface area (Å²) in [6.45, 7) is 1.52. The lowest BCUT2D eigenvalue weighted by Gasteiger charge is -2.15. The van der Waals surface area contributed by atoms with E-state index < -0.39 is 29.7 Å². The summed E-state index contributed by atoms with van der Waals surface area (Å²) in [5.74, 6) is -0.923. The van der Waals surface area contributed by atoms with Crippen molar-refractivity contribution in [2.75, 3.05) is 5.32 Å².